The quantitative estimate of drug-likeness (QED) is 0.909. The molecule has 18 heavy (non-hydrogen) atoms. The van der Waals surface area contributed by atoms with Crippen molar-refractivity contribution in [2.75, 3.05) is 4.72 Å². The van der Waals surface area contributed by atoms with Crippen molar-refractivity contribution in [3.05, 3.63) is 22.9 Å². The number of hydrogen-bond donors (Lipinski definition) is 1. The Morgan fingerprint density at radius 2 is 2.11 bits per heavy atom. The van der Waals surface area contributed by atoms with E-state index in [-0.39, 0.29) is 10.2 Å². The zero-order valence-corrected chi connectivity index (χ0v) is 11.6. The van der Waals surface area contributed by atoms with Gasteiger partial charge in [-0.25, -0.2) is 13.1 Å². The summed E-state index contributed by atoms with van der Waals surface area (Å²) >= 11 is 1.23. The lowest BCUT2D eigenvalue weighted by Crippen LogP contribution is -2.12. The van der Waals surface area contributed by atoms with Crippen LogP contribution >= 0.6 is 11.3 Å². The fraction of sp³-hybridized carbons (Fsp3) is 0.400. The molecule has 0 bridgehead atoms. The first-order valence-corrected chi connectivity index (χ1v) is 7.79. The van der Waals surface area contributed by atoms with E-state index in [4.69, 9.17) is 4.52 Å². The van der Waals surface area contributed by atoms with Crippen molar-refractivity contribution in [2.45, 2.75) is 30.9 Å². The van der Waals surface area contributed by atoms with E-state index >= 15 is 0 Å². The lowest BCUT2D eigenvalue weighted by molar-refractivity contribution is 0.383. The SMILES string of the molecule is CCc1nc(NS(=O)(=O)c2ccc(CC)s2)no1. The third kappa shape index (κ3) is 2.70. The van der Waals surface area contributed by atoms with Gasteiger partial charge >= 0.3 is 0 Å². The number of hydrogen-bond acceptors (Lipinski definition) is 6. The van der Waals surface area contributed by atoms with Crippen molar-refractivity contribution in [1.82, 2.24) is 10.1 Å². The first kappa shape index (κ1) is 13.0. The summed E-state index contributed by atoms with van der Waals surface area (Å²) in [6.07, 6.45) is 1.37. The van der Waals surface area contributed by atoms with E-state index in [1.807, 2.05) is 13.8 Å². The zero-order chi connectivity index (χ0) is 13.2. The molecular weight excluding hydrogens is 274 g/mol. The maximum absolute atomic E-state index is 12.0. The van der Waals surface area contributed by atoms with Crippen LogP contribution in [0.4, 0.5) is 5.95 Å². The van der Waals surface area contributed by atoms with Gasteiger partial charge in [-0.2, -0.15) is 4.98 Å². The molecule has 0 aliphatic carbocycles. The number of aryl methyl sites for hydroxylation is 2. The fourth-order valence-corrected chi connectivity index (χ4v) is 3.53. The summed E-state index contributed by atoms with van der Waals surface area (Å²) in [5.41, 5.74) is 0. The molecule has 0 aliphatic heterocycles. The smallest absolute Gasteiger partial charge is 0.277 e. The summed E-state index contributed by atoms with van der Waals surface area (Å²) in [6.45, 7) is 3.82. The highest BCUT2D eigenvalue weighted by atomic mass is 32.2. The van der Waals surface area contributed by atoms with Gasteiger partial charge in [0.05, 0.1) is 0 Å². The lowest BCUT2D eigenvalue weighted by Gasteiger charge is -1.99. The predicted molar refractivity (Wildman–Crippen MR) is 68.2 cm³/mol. The van der Waals surface area contributed by atoms with Gasteiger partial charge in [0, 0.05) is 11.3 Å². The van der Waals surface area contributed by atoms with E-state index < -0.39 is 10.0 Å². The van der Waals surface area contributed by atoms with Crippen LogP contribution in [0.1, 0.15) is 24.6 Å². The standard InChI is InChI=1S/C10H13N3O3S2/c1-3-7-5-6-9(17-7)18(14,15)13-10-11-8(4-2)16-12-10/h5-6H,3-4H2,1-2H3,(H,12,13). The van der Waals surface area contributed by atoms with Crippen LogP contribution < -0.4 is 4.72 Å². The third-order valence-electron chi connectivity index (χ3n) is 2.25. The number of anilines is 1. The molecule has 0 aromatic carbocycles. The molecular formula is C10H13N3O3S2. The average molecular weight is 287 g/mol. The molecule has 0 saturated heterocycles. The minimum absolute atomic E-state index is 0.0294. The Morgan fingerprint density at radius 1 is 1.33 bits per heavy atom. The monoisotopic (exact) mass is 287 g/mol. The highest BCUT2D eigenvalue weighted by molar-refractivity contribution is 7.94. The fourth-order valence-electron chi connectivity index (χ4n) is 1.30. The molecule has 98 valence electrons. The van der Waals surface area contributed by atoms with E-state index in [2.05, 4.69) is 14.9 Å². The summed E-state index contributed by atoms with van der Waals surface area (Å²) in [5.74, 6) is 0.367. The van der Waals surface area contributed by atoms with Crippen LogP contribution in [-0.4, -0.2) is 18.6 Å². The molecule has 0 saturated carbocycles. The van der Waals surface area contributed by atoms with Crippen molar-refractivity contribution in [3.63, 3.8) is 0 Å². The Labute approximate surface area is 109 Å². The van der Waals surface area contributed by atoms with Crippen LogP contribution in [0.25, 0.3) is 0 Å². The third-order valence-corrected chi connectivity index (χ3v) is 5.30. The topological polar surface area (TPSA) is 85.1 Å². The van der Waals surface area contributed by atoms with Gasteiger partial charge in [0.2, 0.25) is 5.89 Å². The Kier molecular flexibility index (Phi) is 3.67. The molecule has 2 heterocycles. The highest BCUT2D eigenvalue weighted by Gasteiger charge is 2.19. The molecule has 8 heteroatoms. The summed E-state index contributed by atoms with van der Waals surface area (Å²) in [4.78, 5) is 4.91. The van der Waals surface area contributed by atoms with Gasteiger partial charge in [0.25, 0.3) is 16.0 Å². The minimum atomic E-state index is -3.61. The lowest BCUT2D eigenvalue weighted by atomic mass is 10.4. The van der Waals surface area contributed by atoms with Crippen molar-refractivity contribution >= 4 is 27.3 Å². The predicted octanol–water partition coefficient (Wildman–Crippen LogP) is 2.06. The Balaban J connectivity index is 2.21. The Bertz CT molecular complexity index is 630. The van der Waals surface area contributed by atoms with Gasteiger partial charge in [-0.05, 0) is 23.7 Å². The average Bonchev–Trinajstić information content (AvgIpc) is 2.96. The number of nitrogens with zero attached hydrogens (tertiary/aromatic N) is 2. The molecule has 0 aliphatic rings. The van der Waals surface area contributed by atoms with E-state index in [0.29, 0.717) is 12.3 Å². The van der Waals surface area contributed by atoms with Gasteiger partial charge in [-0.1, -0.05) is 13.8 Å². The van der Waals surface area contributed by atoms with Crippen molar-refractivity contribution in [3.8, 4) is 0 Å². The van der Waals surface area contributed by atoms with E-state index in [0.717, 1.165) is 11.3 Å². The number of nitrogens with one attached hydrogen (secondary N) is 1. The molecule has 0 radical (unpaired) electrons. The maximum Gasteiger partial charge on any atom is 0.277 e. The van der Waals surface area contributed by atoms with E-state index in [9.17, 15) is 8.42 Å². The molecule has 2 rings (SSSR count). The maximum atomic E-state index is 12.0. The molecule has 0 spiro atoms. The summed E-state index contributed by atoms with van der Waals surface area (Å²) in [5, 5.41) is 3.55. The number of sulfonamides is 1. The first-order valence-electron chi connectivity index (χ1n) is 5.49. The normalized spacial score (nSPS) is 11.7. The summed E-state index contributed by atoms with van der Waals surface area (Å²) < 4.78 is 31.4. The molecule has 0 amide bonds. The van der Waals surface area contributed by atoms with Gasteiger partial charge in [-0.15, -0.1) is 11.3 Å². The van der Waals surface area contributed by atoms with E-state index in [1.165, 1.54) is 11.3 Å². The second-order valence-electron chi connectivity index (χ2n) is 3.55. The van der Waals surface area contributed by atoms with Crippen LogP contribution in [0.3, 0.4) is 0 Å². The Morgan fingerprint density at radius 3 is 2.67 bits per heavy atom. The molecule has 1 N–H and O–H groups in total. The largest absolute Gasteiger partial charge is 0.337 e. The zero-order valence-electron chi connectivity index (χ0n) is 10.0. The number of aromatic nitrogens is 2. The van der Waals surface area contributed by atoms with Crippen LogP contribution in [-0.2, 0) is 22.9 Å². The molecule has 0 unspecified atom stereocenters. The number of thiophene rings is 1. The van der Waals surface area contributed by atoms with E-state index in [1.54, 1.807) is 12.1 Å². The van der Waals surface area contributed by atoms with Gasteiger partial charge in [0.15, 0.2) is 0 Å². The number of rotatable bonds is 5. The van der Waals surface area contributed by atoms with Crippen LogP contribution in [0.15, 0.2) is 20.9 Å². The highest BCUT2D eigenvalue weighted by Crippen LogP contribution is 2.23. The van der Waals surface area contributed by atoms with Crippen LogP contribution in [0.2, 0.25) is 0 Å². The summed E-state index contributed by atoms with van der Waals surface area (Å²) in [6, 6.07) is 3.37. The molecule has 0 atom stereocenters. The van der Waals surface area contributed by atoms with Crippen molar-refractivity contribution < 1.29 is 12.9 Å². The second-order valence-corrected chi connectivity index (χ2v) is 6.62. The van der Waals surface area contributed by atoms with Gasteiger partial charge in [-0.3, -0.25) is 0 Å². The van der Waals surface area contributed by atoms with Gasteiger partial charge in [0.1, 0.15) is 4.21 Å². The molecule has 2 aromatic heterocycles. The summed E-state index contributed by atoms with van der Waals surface area (Å²) in [7, 11) is -3.61. The second kappa shape index (κ2) is 5.07. The first-order chi connectivity index (χ1) is 8.55. The molecule has 2 aromatic rings. The van der Waals surface area contributed by atoms with Crippen molar-refractivity contribution in [2.24, 2.45) is 0 Å². The van der Waals surface area contributed by atoms with Gasteiger partial charge < -0.3 is 4.52 Å². The van der Waals surface area contributed by atoms with Crippen molar-refractivity contribution in [1.29, 1.82) is 0 Å². The molecule has 0 fully saturated rings. The minimum Gasteiger partial charge on any atom is -0.337 e. The van der Waals surface area contributed by atoms with Crippen LogP contribution in [0, 0.1) is 0 Å². The van der Waals surface area contributed by atoms with Crippen LogP contribution in [0.5, 0.6) is 0 Å². The Hall–Kier alpha value is -1.41. The molecule has 6 nitrogen and oxygen atoms in total.